The average Bonchev–Trinajstić information content (AvgIpc) is 3.17. The summed E-state index contributed by atoms with van der Waals surface area (Å²) in [5.74, 6) is -2.46. The number of carbonyl (C=O) groups excluding carboxylic acids is 4. The highest BCUT2D eigenvalue weighted by Gasteiger charge is 2.50. The summed E-state index contributed by atoms with van der Waals surface area (Å²) in [6.07, 6.45) is -0.901. The van der Waals surface area contributed by atoms with E-state index in [0.717, 1.165) is 16.9 Å². The lowest BCUT2D eigenvalue weighted by Crippen LogP contribution is -2.59. The largest absolute Gasteiger partial charge is 0.412 e. The molecule has 2 rings (SSSR count). The minimum atomic E-state index is -1.92. The number of amides is 4. The molecule has 214 valence electrons. The van der Waals surface area contributed by atoms with Crippen molar-refractivity contribution < 1.29 is 28.7 Å². The van der Waals surface area contributed by atoms with Crippen LogP contribution >= 0.6 is 11.3 Å². The molecule has 1 atom stereocenters. The number of alkyl carbamates (subject to hydrolysis) is 1. The summed E-state index contributed by atoms with van der Waals surface area (Å²) in [4.78, 5) is 53.0. The fraction of sp³-hybridized carbons (Fsp3) is 0.500. The summed E-state index contributed by atoms with van der Waals surface area (Å²) < 4.78 is 11.0. The quantitative estimate of drug-likeness (QED) is 0.285. The van der Waals surface area contributed by atoms with Crippen LogP contribution in [0.3, 0.4) is 0 Å². The Hall–Kier alpha value is -3.87. The molecule has 1 aromatic carbocycles. The van der Waals surface area contributed by atoms with Crippen molar-refractivity contribution in [3.63, 3.8) is 0 Å². The maximum absolute atomic E-state index is 12.7. The van der Waals surface area contributed by atoms with E-state index in [1.54, 1.807) is 53.7 Å². The molecule has 2 aromatic rings. The van der Waals surface area contributed by atoms with Crippen LogP contribution in [-0.4, -0.2) is 47.5 Å². The number of benzene rings is 1. The van der Waals surface area contributed by atoms with Crippen LogP contribution in [0.15, 0.2) is 24.3 Å². The molecule has 0 saturated carbocycles. The predicted molar refractivity (Wildman–Crippen MR) is 150 cm³/mol. The lowest BCUT2D eigenvalue weighted by molar-refractivity contribution is -0.202. The molecule has 4 amide bonds. The number of ether oxygens (including phenoxy) is 2. The Morgan fingerprint density at radius 1 is 0.974 bits per heavy atom. The first-order chi connectivity index (χ1) is 17.9. The lowest BCUT2D eigenvalue weighted by atomic mass is 9.90. The van der Waals surface area contributed by atoms with E-state index in [0.29, 0.717) is 34.2 Å². The van der Waals surface area contributed by atoms with Gasteiger partial charge in [-0.05, 0) is 51.3 Å². The van der Waals surface area contributed by atoms with Crippen LogP contribution in [0, 0.1) is 5.41 Å². The molecule has 1 heterocycles. The van der Waals surface area contributed by atoms with Crippen LogP contribution in [0.25, 0.3) is 0 Å². The topological polar surface area (TPSA) is 174 Å². The Morgan fingerprint density at radius 2 is 1.59 bits per heavy atom. The summed E-state index contributed by atoms with van der Waals surface area (Å²) in [5, 5.41) is 11.3. The van der Waals surface area contributed by atoms with Crippen molar-refractivity contribution in [2.24, 2.45) is 11.1 Å². The second-order valence-electron chi connectivity index (χ2n) is 10.9. The summed E-state index contributed by atoms with van der Waals surface area (Å²) in [7, 11) is 1.53. The Morgan fingerprint density at radius 3 is 2.08 bits per heavy atom. The molecule has 0 spiro atoms. The van der Waals surface area contributed by atoms with Gasteiger partial charge in [-0.1, -0.05) is 44.2 Å². The molecule has 13 heteroatoms. The van der Waals surface area contributed by atoms with E-state index in [1.165, 1.54) is 14.0 Å². The number of nitrogens with two attached hydrogens (primary N) is 1. The first-order valence-electron chi connectivity index (χ1n) is 12.3. The Kier molecular flexibility index (Phi) is 9.91. The number of carbonyl (C=O) groups is 4. The van der Waals surface area contributed by atoms with Gasteiger partial charge in [-0.3, -0.25) is 9.59 Å². The SMILES string of the molecule is CNC(=O)c1sc(NC(C)=O)nc1CCc1ccc(NC(OC(N)=O)(OC(=O)NC(C)(C)C)C(C)(C)C)cc1. The molecule has 0 fully saturated rings. The van der Waals surface area contributed by atoms with Crippen molar-refractivity contribution in [1.29, 1.82) is 0 Å². The van der Waals surface area contributed by atoms with Gasteiger partial charge in [-0.25, -0.2) is 14.6 Å². The minimum Gasteiger partial charge on any atom is -0.387 e. The summed E-state index contributed by atoms with van der Waals surface area (Å²) in [5.41, 5.74) is 5.85. The van der Waals surface area contributed by atoms with Gasteiger partial charge in [-0.2, -0.15) is 0 Å². The Bertz CT molecular complexity index is 1200. The number of aromatic nitrogens is 1. The molecule has 0 bridgehead atoms. The molecule has 0 aliphatic heterocycles. The summed E-state index contributed by atoms with van der Waals surface area (Å²) in [6, 6.07) is 7.18. The van der Waals surface area contributed by atoms with Gasteiger partial charge in [0.1, 0.15) is 4.88 Å². The van der Waals surface area contributed by atoms with Gasteiger partial charge in [0, 0.05) is 25.2 Å². The minimum absolute atomic E-state index is 0.270. The fourth-order valence-corrected chi connectivity index (χ4v) is 4.40. The fourth-order valence-electron chi connectivity index (χ4n) is 3.39. The van der Waals surface area contributed by atoms with Gasteiger partial charge in [0.15, 0.2) is 5.13 Å². The molecular weight excluding hydrogens is 524 g/mol. The zero-order valence-corrected chi connectivity index (χ0v) is 24.4. The van der Waals surface area contributed by atoms with Gasteiger partial charge in [-0.15, -0.1) is 0 Å². The first kappa shape index (κ1) is 31.3. The molecule has 39 heavy (non-hydrogen) atoms. The number of nitrogens with one attached hydrogen (secondary N) is 4. The van der Waals surface area contributed by atoms with Crippen molar-refractivity contribution >= 4 is 46.2 Å². The molecule has 1 unspecified atom stereocenters. The van der Waals surface area contributed by atoms with Crippen LogP contribution in [0.5, 0.6) is 0 Å². The third-order valence-electron chi connectivity index (χ3n) is 5.27. The van der Waals surface area contributed by atoms with Gasteiger partial charge < -0.3 is 36.5 Å². The van der Waals surface area contributed by atoms with Gasteiger partial charge in [0.2, 0.25) is 5.91 Å². The third kappa shape index (κ3) is 9.13. The van der Waals surface area contributed by atoms with Crippen LogP contribution in [-0.2, 0) is 27.1 Å². The van der Waals surface area contributed by atoms with E-state index in [-0.39, 0.29) is 11.8 Å². The zero-order chi connectivity index (χ0) is 29.6. The Labute approximate surface area is 232 Å². The van der Waals surface area contributed by atoms with Crippen molar-refractivity contribution in [1.82, 2.24) is 15.6 Å². The third-order valence-corrected chi connectivity index (χ3v) is 6.28. The smallest absolute Gasteiger partial charge is 0.387 e. The number of primary amides is 1. The molecule has 6 N–H and O–H groups in total. The maximum Gasteiger partial charge on any atom is 0.412 e. The number of rotatable bonds is 9. The lowest BCUT2D eigenvalue weighted by Gasteiger charge is -2.42. The van der Waals surface area contributed by atoms with Gasteiger partial charge >= 0.3 is 18.1 Å². The number of nitrogens with zero attached hydrogens (tertiary/aromatic N) is 1. The van der Waals surface area contributed by atoms with Crippen molar-refractivity contribution in [3.05, 3.63) is 40.4 Å². The maximum atomic E-state index is 12.7. The molecular formula is C26H38N6O6S. The highest BCUT2D eigenvalue weighted by molar-refractivity contribution is 7.17. The Balaban J connectivity index is 2.26. The summed E-state index contributed by atoms with van der Waals surface area (Å²) >= 11 is 1.12. The first-order valence-corrected chi connectivity index (χ1v) is 13.1. The van der Waals surface area contributed by atoms with Crippen LogP contribution in [0.1, 0.15) is 69.4 Å². The standard InChI is InChI=1S/C26H38N6O6S/c1-15(33)29-22-30-18(19(39-22)20(34)28-8)14-11-16-9-12-17(13-10-16)31-26(24(2,3)4,37-21(27)35)38-23(36)32-25(5,6)7/h9-10,12-13,31H,11,14H2,1-8H3,(H2,27,35)(H,28,34)(H,32,36)(H,29,30,33). The van der Waals surface area contributed by atoms with Gasteiger partial charge in [0.25, 0.3) is 5.91 Å². The van der Waals surface area contributed by atoms with Crippen LogP contribution < -0.4 is 27.0 Å². The van der Waals surface area contributed by atoms with E-state index < -0.39 is 29.1 Å². The van der Waals surface area contributed by atoms with E-state index in [2.05, 4.69) is 26.3 Å². The second kappa shape index (κ2) is 12.3. The molecule has 12 nitrogen and oxygen atoms in total. The average molecular weight is 563 g/mol. The monoisotopic (exact) mass is 562 g/mol. The number of thiazole rings is 1. The number of hydrogen-bond donors (Lipinski definition) is 5. The van der Waals surface area contributed by atoms with E-state index >= 15 is 0 Å². The van der Waals surface area contributed by atoms with E-state index in [4.69, 9.17) is 15.2 Å². The van der Waals surface area contributed by atoms with Crippen molar-refractivity contribution in [3.8, 4) is 0 Å². The normalized spacial score (nSPS) is 13.0. The predicted octanol–water partition coefficient (Wildman–Crippen LogP) is 3.98. The van der Waals surface area contributed by atoms with E-state index in [9.17, 15) is 19.2 Å². The van der Waals surface area contributed by atoms with E-state index in [1.807, 2.05) is 12.1 Å². The number of aryl methyl sites for hydroxylation is 2. The molecule has 0 radical (unpaired) electrons. The second-order valence-corrected chi connectivity index (χ2v) is 11.9. The number of hydrogen-bond acceptors (Lipinski definition) is 9. The number of anilines is 2. The molecule has 1 aromatic heterocycles. The van der Waals surface area contributed by atoms with Gasteiger partial charge in [0.05, 0.1) is 11.1 Å². The van der Waals surface area contributed by atoms with Crippen molar-refractivity contribution in [2.45, 2.75) is 72.8 Å². The highest BCUT2D eigenvalue weighted by atomic mass is 32.1. The molecule has 0 aliphatic carbocycles. The summed E-state index contributed by atoms with van der Waals surface area (Å²) in [6.45, 7) is 11.9. The van der Waals surface area contributed by atoms with Crippen LogP contribution in [0.2, 0.25) is 0 Å². The zero-order valence-electron chi connectivity index (χ0n) is 23.6. The molecule has 0 saturated heterocycles. The molecule has 0 aliphatic rings. The van der Waals surface area contributed by atoms with Crippen LogP contribution in [0.4, 0.5) is 20.4 Å². The highest BCUT2D eigenvalue weighted by Crippen LogP contribution is 2.37. The van der Waals surface area contributed by atoms with Crippen molar-refractivity contribution in [2.75, 3.05) is 17.7 Å².